The molecule has 0 radical (unpaired) electrons. The molecule has 98 valence electrons. The largest absolute Gasteiger partial charge is 0.370 e. The SMILES string of the molecule is C=CCN=C(N)NC1CC1C1CCCCC1.I. The third-order valence-corrected chi connectivity index (χ3v) is 3.82. The van der Waals surface area contributed by atoms with E-state index in [9.17, 15) is 0 Å². The Hall–Kier alpha value is -0.260. The van der Waals surface area contributed by atoms with Crippen LogP contribution in [-0.4, -0.2) is 18.5 Å². The molecule has 3 N–H and O–H groups in total. The zero-order chi connectivity index (χ0) is 11.4. The number of nitrogens with one attached hydrogen (secondary N) is 1. The lowest BCUT2D eigenvalue weighted by molar-refractivity contribution is 0.316. The van der Waals surface area contributed by atoms with Crippen LogP contribution in [0.5, 0.6) is 0 Å². The molecule has 2 rings (SSSR count). The minimum atomic E-state index is 0. The number of hydrogen-bond acceptors (Lipinski definition) is 1. The van der Waals surface area contributed by atoms with E-state index in [1.165, 1.54) is 38.5 Å². The van der Waals surface area contributed by atoms with E-state index in [0.29, 0.717) is 18.5 Å². The highest BCUT2D eigenvalue weighted by Crippen LogP contribution is 2.44. The minimum Gasteiger partial charge on any atom is -0.370 e. The van der Waals surface area contributed by atoms with Crippen LogP contribution < -0.4 is 11.1 Å². The Balaban J connectivity index is 0.00000144. The second-order valence-corrected chi connectivity index (χ2v) is 5.06. The Morgan fingerprint density at radius 2 is 2.06 bits per heavy atom. The van der Waals surface area contributed by atoms with Crippen LogP contribution in [0.15, 0.2) is 17.6 Å². The lowest BCUT2D eigenvalue weighted by Gasteiger charge is -2.21. The molecule has 2 aliphatic carbocycles. The van der Waals surface area contributed by atoms with Gasteiger partial charge in [0, 0.05) is 6.04 Å². The van der Waals surface area contributed by atoms with Gasteiger partial charge in [-0.1, -0.05) is 38.2 Å². The van der Waals surface area contributed by atoms with Crippen molar-refractivity contribution in [2.45, 2.75) is 44.6 Å². The van der Waals surface area contributed by atoms with Crippen molar-refractivity contribution in [1.82, 2.24) is 5.32 Å². The Morgan fingerprint density at radius 1 is 1.35 bits per heavy atom. The van der Waals surface area contributed by atoms with Gasteiger partial charge >= 0.3 is 0 Å². The zero-order valence-electron chi connectivity index (χ0n) is 10.4. The average Bonchev–Trinajstić information content (AvgIpc) is 3.07. The van der Waals surface area contributed by atoms with Gasteiger partial charge in [0.05, 0.1) is 6.54 Å². The smallest absolute Gasteiger partial charge is 0.189 e. The Kier molecular flexibility index (Phi) is 6.30. The fourth-order valence-electron chi connectivity index (χ4n) is 2.86. The summed E-state index contributed by atoms with van der Waals surface area (Å²) in [6.45, 7) is 4.24. The molecule has 2 atom stereocenters. The van der Waals surface area contributed by atoms with Crippen molar-refractivity contribution >= 4 is 29.9 Å². The summed E-state index contributed by atoms with van der Waals surface area (Å²) in [6.07, 6.45) is 10.2. The highest BCUT2D eigenvalue weighted by molar-refractivity contribution is 14.0. The number of rotatable bonds is 4. The van der Waals surface area contributed by atoms with Crippen molar-refractivity contribution in [1.29, 1.82) is 0 Å². The number of nitrogens with two attached hydrogens (primary N) is 1. The monoisotopic (exact) mass is 349 g/mol. The zero-order valence-corrected chi connectivity index (χ0v) is 12.7. The molecule has 4 heteroatoms. The van der Waals surface area contributed by atoms with Crippen LogP contribution in [-0.2, 0) is 0 Å². The summed E-state index contributed by atoms with van der Waals surface area (Å²) in [4.78, 5) is 4.17. The predicted molar refractivity (Wildman–Crippen MR) is 83.7 cm³/mol. The van der Waals surface area contributed by atoms with Crippen LogP contribution >= 0.6 is 24.0 Å². The molecule has 0 aromatic heterocycles. The van der Waals surface area contributed by atoms with Gasteiger partial charge in [0.1, 0.15) is 0 Å². The molecule has 0 heterocycles. The molecular formula is C13H24IN3. The van der Waals surface area contributed by atoms with Crippen LogP contribution in [0.4, 0.5) is 0 Å². The maximum Gasteiger partial charge on any atom is 0.189 e. The number of halogens is 1. The van der Waals surface area contributed by atoms with E-state index in [1.807, 2.05) is 0 Å². The molecule has 0 spiro atoms. The van der Waals surface area contributed by atoms with Crippen LogP contribution in [0.3, 0.4) is 0 Å². The van der Waals surface area contributed by atoms with Gasteiger partial charge in [-0.2, -0.15) is 0 Å². The molecule has 2 saturated carbocycles. The van der Waals surface area contributed by atoms with Crippen molar-refractivity contribution < 1.29 is 0 Å². The molecule has 0 aromatic rings. The van der Waals surface area contributed by atoms with Crippen molar-refractivity contribution in [3.63, 3.8) is 0 Å². The maximum atomic E-state index is 5.78. The van der Waals surface area contributed by atoms with E-state index < -0.39 is 0 Å². The van der Waals surface area contributed by atoms with Crippen molar-refractivity contribution in [2.24, 2.45) is 22.6 Å². The van der Waals surface area contributed by atoms with E-state index in [-0.39, 0.29) is 24.0 Å². The second-order valence-electron chi connectivity index (χ2n) is 5.06. The molecule has 3 nitrogen and oxygen atoms in total. The van der Waals surface area contributed by atoms with Gasteiger partial charge in [-0.25, -0.2) is 4.99 Å². The number of guanidine groups is 1. The Labute approximate surface area is 121 Å². The lowest BCUT2D eigenvalue weighted by Crippen LogP contribution is -2.35. The highest BCUT2D eigenvalue weighted by Gasteiger charge is 2.43. The number of hydrogen-bond donors (Lipinski definition) is 2. The minimum absolute atomic E-state index is 0. The van der Waals surface area contributed by atoms with Crippen LogP contribution in [0.2, 0.25) is 0 Å². The van der Waals surface area contributed by atoms with Gasteiger partial charge in [0.25, 0.3) is 0 Å². The average molecular weight is 349 g/mol. The first-order chi connectivity index (χ1) is 7.81. The number of nitrogens with zero attached hydrogens (tertiary/aromatic N) is 1. The van der Waals surface area contributed by atoms with Crippen molar-refractivity contribution in [3.05, 3.63) is 12.7 Å². The summed E-state index contributed by atoms with van der Waals surface area (Å²) in [5, 5.41) is 3.32. The first kappa shape index (κ1) is 14.8. The van der Waals surface area contributed by atoms with E-state index in [1.54, 1.807) is 6.08 Å². The lowest BCUT2D eigenvalue weighted by atomic mass is 9.85. The summed E-state index contributed by atoms with van der Waals surface area (Å²) in [7, 11) is 0. The molecule has 0 amide bonds. The van der Waals surface area contributed by atoms with Crippen LogP contribution in [0.1, 0.15) is 38.5 Å². The maximum absolute atomic E-state index is 5.78. The molecular weight excluding hydrogens is 325 g/mol. The molecule has 2 aliphatic rings. The summed E-state index contributed by atoms with van der Waals surface area (Å²) in [5.74, 6) is 2.39. The summed E-state index contributed by atoms with van der Waals surface area (Å²) in [5.41, 5.74) is 5.78. The van der Waals surface area contributed by atoms with E-state index in [0.717, 1.165) is 11.8 Å². The molecule has 2 unspecified atom stereocenters. The highest BCUT2D eigenvalue weighted by atomic mass is 127. The normalized spacial score (nSPS) is 29.3. The van der Waals surface area contributed by atoms with Gasteiger partial charge in [-0.05, 0) is 18.3 Å². The molecule has 0 saturated heterocycles. The molecule has 0 aromatic carbocycles. The quantitative estimate of drug-likeness (QED) is 0.355. The van der Waals surface area contributed by atoms with Gasteiger partial charge in [-0.15, -0.1) is 30.6 Å². The van der Waals surface area contributed by atoms with Gasteiger partial charge in [0.15, 0.2) is 5.96 Å². The summed E-state index contributed by atoms with van der Waals surface area (Å²) >= 11 is 0. The molecule has 17 heavy (non-hydrogen) atoms. The standard InChI is InChI=1S/C13H23N3.HI/c1-2-8-15-13(14)16-12-9-11(12)10-6-4-3-5-7-10;/h2,10-12H,1,3-9H2,(H3,14,15,16);1H. The first-order valence-electron chi connectivity index (χ1n) is 6.48. The summed E-state index contributed by atoms with van der Waals surface area (Å²) < 4.78 is 0. The van der Waals surface area contributed by atoms with E-state index in [4.69, 9.17) is 5.73 Å². The van der Waals surface area contributed by atoms with Crippen LogP contribution in [0, 0.1) is 11.8 Å². The second kappa shape index (κ2) is 7.24. The predicted octanol–water partition coefficient (Wildman–Crippen LogP) is 2.66. The van der Waals surface area contributed by atoms with Gasteiger partial charge in [0.2, 0.25) is 0 Å². The third kappa shape index (κ3) is 4.48. The van der Waals surface area contributed by atoms with Gasteiger partial charge < -0.3 is 11.1 Å². The van der Waals surface area contributed by atoms with Crippen LogP contribution in [0.25, 0.3) is 0 Å². The molecule has 0 aliphatic heterocycles. The van der Waals surface area contributed by atoms with Crippen molar-refractivity contribution in [3.8, 4) is 0 Å². The fourth-order valence-corrected chi connectivity index (χ4v) is 2.86. The fraction of sp³-hybridized carbons (Fsp3) is 0.769. The Morgan fingerprint density at radius 3 is 2.71 bits per heavy atom. The van der Waals surface area contributed by atoms with E-state index in [2.05, 4.69) is 16.9 Å². The van der Waals surface area contributed by atoms with Crippen molar-refractivity contribution in [2.75, 3.05) is 6.54 Å². The molecule has 2 fully saturated rings. The molecule has 0 bridgehead atoms. The summed E-state index contributed by atoms with van der Waals surface area (Å²) in [6, 6.07) is 0.594. The topological polar surface area (TPSA) is 50.4 Å². The van der Waals surface area contributed by atoms with E-state index >= 15 is 0 Å². The number of aliphatic imine (C=N–C) groups is 1. The Bertz CT molecular complexity index is 272. The van der Waals surface area contributed by atoms with Gasteiger partial charge in [-0.3, -0.25) is 0 Å². The first-order valence-corrected chi connectivity index (χ1v) is 6.48. The third-order valence-electron chi connectivity index (χ3n) is 3.82.